The van der Waals surface area contributed by atoms with E-state index in [1.54, 1.807) is 14.2 Å². The standard InChI is InChI=1S/C15H28O6/c1-18-12(6-16)8-20-14-10-3-4-11(5-10)15(14)21-9-13(7-17)19-2/h10-17H,3-9H2,1-2H3. The zero-order valence-electron chi connectivity index (χ0n) is 12.9. The number of hydrogen-bond donors (Lipinski definition) is 2. The van der Waals surface area contributed by atoms with Crippen LogP contribution in [0, 0.1) is 11.8 Å². The monoisotopic (exact) mass is 304 g/mol. The van der Waals surface area contributed by atoms with Gasteiger partial charge in [-0.15, -0.1) is 0 Å². The highest BCUT2D eigenvalue weighted by Gasteiger charge is 2.49. The SMILES string of the molecule is COC(CO)COC1C2CCC(C2)C1OCC(CO)OC. The van der Waals surface area contributed by atoms with Crippen molar-refractivity contribution >= 4 is 0 Å². The van der Waals surface area contributed by atoms with E-state index in [9.17, 15) is 0 Å². The number of fused-ring (bicyclic) bond motifs is 2. The fraction of sp³-hybridized carbons (Fsp3) is 1.00. The fourth-order valence-electron chi connectivity index (χ4n) is 3.48. The molecule has 2 aliphatic carbocycles. The summed E-state index contributed by atoms with van der Waals surface area (Å²) in [6.07, 6.45) is 3.05. The lowest BCUT2D eigenvalue weighted by atomic mass is 9.94. The predicted molar refractivity (Wildman–Crippen MR) is 76.1 cm³/mol. The van der Waals surface area contributed by atoms with Crippen molar-refractivity contribution in [3.63, 3.8) is 0 Å². The maximum absolute atomic E-state index is 9.16. The number of aliphatic hydroxyl groups excluding tert-OH is 2. The number of ether oxygens (including phenoxy) is 4. The van der Waals surface area contributed by atoms with Crippen LogP contribution in [0.3, 0.4) is 0 Å². The summed E-state index contributed by atoms with van der Waals surface area (Å²) in [5.74, 6) is 1.07. The second-order valence-electron chi connectivity index (χ2n) is 6.01. The molecule has 2 saturated carbocycles. The Kier molecular flexibility index (Phi) is 6.85. The molecule has 6 unspecified atom stereocenters. The Bertz CT molecular complexity index is 264. The minimum Gasteiger partial charge on any atom is -0.394 e. The molecule has 2 aliphatic rings. The van der Waals surface area contributed by atoms with Gasteiger partial charge >= 0.3 is 0 Å². The van der Waals surface area contributed by atoms with E-state index >= 15 is 0 Å². The van der Waals surface area contributed by atoms with Crippen molar-refractivity contribution in [3.05, 3.63) is 0 Å². The van der Waals surface area contributed by atoms with Crippen LogP contribution in [0.15, 0.2) is 0 Å². The highest BCUT2D eigenvalue weighted by Crippen LogP contribution is 2.47. The van der Waals surface area contributed by atoms with E-state index in [1.165, 1.54) is 12.8 Å². The third-order valence-electron chi connectivity index (χ3n) is 4.79. The molecule has 0 aliphatic heterocycles. The van der Waals surface area contributed by atoms with Gasteiger partial charge in [0.05, 0.1) is 38.6 Å². The molecule has 6 atom stereocenters. The minimum atomic E-state index is -0.283. The highest BCUT2D eigenvalue weighted by molar-refractivity contribution is 4.99. The van der Waals surface area contributed by atoms with Crippen LogP contribution in [-0.4, -0.2) is 75.3 Å². The van der Waals surface area contributed by atoms with E-state index in [2.05, 4.69) is 0 Å². The molecule has 2 rings (SSSR count). The van der Waals surface area contributed by atoms with E-state index in [0.29, 0.717) is 25.0 Å². The van der Waals surface area contributed by atoms with Gasteiger partial charge in [0.25, 0.3) is 0 Å². The van der Waals surface area contributed by atoms with Crippen LogP contribution in [0.5, 0.6) is 0 Å². The highest BCUT2D eigenvalue weighted by atomic mass is 16.6. The molecule has 0 aromatic heterocycles. The van der Waals surface area contributed by atoms with Crippen molar-refractivity contribution in [2.45, 2.75) is 43.7 Å². The van der Waals surface area contributed by atoms with Crippen LogP contribution in [0.2, 0.25) is 0 Å². The van der Waals surface area contributed by atoms with Gasteiger partial charge in [0.15, 0.2) is 0 Å². The molecule has 2 N–H and O–H groups in total. The number of methoxy groups -OCH3 is 2. The zero-order chi connectivity index (χ0) is 15.2. The first-order valence-corrected chi connectivity index (χ1v) is 7.74. The number of rotatable bonds is 10. The first-order chi connectivity index (χ1) is 10.2. The van der Waals surface area contributed by atoms with Crippen LogP contribution < -0.4 is 0 Å². The Morgan fingerprint density at radius 3 is 1.62 bits per heavy atom. The van der Waals surface area contributed by atoms with Crippen molar-refractivity contribution in [1.29, 1.82) is 0 Å². The Labute approximate surface area is 126 Å². The molecule has 0 aromatic carbocycles. The van der Waals surface area contributed by atoms with Gasteiger partial charge in [-0.25, -0.2) is 0 Å². The molecule has 124 valence electrons. The molecule has 0 aromatic rings. The maximum atomic E-state index is 9.16. The van der Waals surface area contributed by atoms with Crippen molar-refractivity contribution in [3.8, 4) is 0 Å². The molecule has 0 heterocycles. The predicted octanol–water partition coefficient (Wildman–Crippen LogP) is 0.201. The van der Waals surface area contributed by atoms with Crippen LogP contribution >= 0.6 is 0 Å². The largest absolute Gasteiger partial charge is 0.394 e. The van der Waals surface area contributed by atoms with Crippen LogP contribution in [0.1, 0.15) is 19.3 Å². The summed E-state index contributed by atoms with van der Waals surface area (Å²) in [6.45, 7) is 0.682. The second-order valence-corrected chi connectivity index (χ2v) is 6.01. The summed E-state index contributed by atoms with van der Waals surface area (Å²) < 4.78 is 22.2. The molecule has 6 nitrogen and oxygen atoms in total. The lowest BCUT2D eigenvalue weighted by Crippen LogP contribution is -2.41. The molecule has 2 fully saturated rings. The van der Waals surface area contributed by atoms with Crippen molar-refractivity contribution in [2.75, 3.05) is 40.6 Å². The Hall–Kier alpha value is -0.240. The van der Waals surface area contributed by atoms with Gasteiger partial charge < -0.3 is 29.2 Å². The summed E-state index contributed by atoms with van der Waals surface area (Å²) >= 11 is 0. The first kappa shape index (κ1) is 17.1. The van der Waals surface area contributed by atoms with E-state index in [4.69, 9.17) is 29.2 Å². The van der Waals surface area contributed by atoms with Gasteiger partial charge in [-0.3, -0.25) is 0 Å². The van der Waals surface area contributed by atoms with E-state index in [1.807, 2.05) is 0 Å². The van der Waals surface area contributed by atoms with E-state index in [0.717, 1.165) is 6.42 Å². The Balaban J connectivity index is 1.85. The molecule has 0 saturated heterocycles. The second kappa shape index (κ2) is 8.41. The Morgan fingerprint density at radius 1 is 0.857 bits per heavy atom. The smallest absolute Gasteiger partial charge is 0.103 e. The van der Waals surface area contributed by atoms with Crippen LogP contribution in [0.25, 0.3) is 0 Å². The van der Waals surface area contributed by atoms with E-state index < -0.39 is 0 Å². The molecular formula is C15H28O6. The van der Waals surface area contributed by atoms with Crippen molar-refractivity contribution in [1.82, 2.24) is 0 Å². The zero-order valence-corrected chi connectivity index (χ0v) is 12.9. The molecule has 0 amide bonds. The molecule has 2 bridgehead atoms. The van der Waals surface area contributed by atoms with Crippen molar-refractivity contribution in [2.24, 2.45) is 11.8 Å². The topological polar surface area (TPSA) is 77.4 Å². The molecular weight excluding hydrogens is 276 g/mol. The maximum Gasteiger partial charge on any atom is 0.103 e. The number of hydrogen-bond acceptors (Lipinski definition) is 6. The van der Waals surface area contributed by atoms with Gasteiger partial charge in [-0.05, 0) is 31.1 Å². The third-order valence-corrected chi connectivity index (χ3v) is 4.79. The molecule has 6 heteroatoms. The van der Waals surface area contributed by atoms with Gasteiger partial charge in [-0.2, -0.15) is 0 Å². The third kappa shape index (κ3) is 4.15. The first-order valence-electron chi connectivity index (χ1n) is 7.74. The lowest BCUT2D eigenvalue weighted by molar-refractivity contribution is -0.137. The molecule has 0 radical (unpaired) electrons. The van der Waals surface area contributed by atoms with E-state index in [-0.39, 0.29) is 37.6 Å². The quantitative estimate of drug-likeness (QED) is 0.600. The average molecular weight is 304 g/mol. The average Bonchev–Trinajstić information content (AvgIpc) is 3.11. The minimum absolute atomic E-state index is 0.0426. The van der Waals surface area contributed by atoms with Crippen LogP contribution in [-0.2, 0) is 18.9 Å². The summed E-state index contributed by atoms with van der Waals surface area (Å²) in [7, 11) is 3.15. The number of aliphatic hydroxyl groups is 2. The fourth-order valence-corrected chi connectivity index (χ4v) is 3.48. The normalized spacial score (nSPS) is 34.3. The van der Waals surface area contributed by atoms with Gasteiger partial charge in [0.1, 0.15) is 12.2 Å². The summed E-state index contributed by atoms with van der Waals surface area (Å²) in [5, 5.41) is 18.3. The summed E-state index contributed by atoms with van der Waals surface area (Å²) in [6, 6.07) is 0. The van der Waals surface area contributed by atoms with Crippen molar-refractivity contribution < 1.29 is 29.2 Å². The van der Waals surface area contributed by atoms with Crippen LogP contribution in [0.4, 0.5) is 0 Å². The molecule has 0 spiro atoms. The van der Waals surface area contributed by atoms with Gasteiger partial charge in [0, 0.05) is 14.2 Å². The summed E-state index contributed by atoms with van der Waals surface area (Å²) in [4.78, 5) is 0. The van der Waals surface area contributed by atoms with Gasteiger partial charge in [-0.1, -0.05) is 0 Å². The summed E-state index contributed by atoms with van der Waals surface area (Å²) in [5.41, 5.74) is 0. The molecule has 21 heavy (non-hydrogen) atoms. The lowest BCUT2D eigenvalue weighted by Gasteiger charge is -2.32. The van der Waals surface area contributed by atoms with Gasteiger partial charge in [0.2, 0.25) is 0 Å². The Morgan fingerprint density at radius 2 is 1.29 bits per heavy atom.